The first-order valence-electron chi connectivity index (χ1n) is 7.92. The number of aliphatic carboxylic acids is 1. The van der Waals surface area contributed by atoms with Crippen molar-refractivity contribution in [3.8, 4) is 0 Å². The molecule has 0 aliphatic heterocycles. The van der Waals surface area contributed by atoms with Crippen LogP contribution in [-0.2, 0) is 4.79 Å². The SMILES string of the molecule is CC/C=C/C/C=C/C/C=C/CCCCCCCC(=O)[O-]. The Labute approximate surface area is 124 Å². The lowest BCUT2D eigenvalue weighted by molar-refractivity contribution is -0.305. The molecule has 0 aromatic rings. The summed E-state index contributed by atoms with van der Waals surface area (Å²) in [4.78, 5) is 10.2. The van der Waals surface area contributed by atoms with Crippen LogP contribution in [0.2, 0.25) is 0 Å². The number of carbonyl (C=O) groups is 1. The van der Waals surface area contributed by atoms with E-state index in [-0.39, 0.29) is 6.42 Å². The molecule has 0 saturated carbocycles. The number of carboxylic acids is 1. The second-order valence-corrected chi connectivity index (χ2v) is 4.97. The van der Waals surface area contributed by atoms with Crippen molar-refractivity contribution in [3.63, 3.8) is 0 Å². The minimum Gasteiger partial charge on any atom is -0.550 e. The monoisotopic (exact) mass is 277 g/mol. The first-order valence-corrected chi connectivity index (χ1v) is 7.92. The summed E-state index contributed by atoms with van der Waals surface area (Å²) in [6.07, 6.45) is 23.0. The summed E-state index contributed by atoms with van der Waals surface area (Å²) in [5, 5.41) is 10.2. The summed E-state index contributed by atoms with van der Waals surface area (Å²) in [5.41, 5.74) is 0. The normalized spacial score (nSPS) is 12.1. The number of unbranched alkanes of at least 4 members (excludes halogenated alkanes) is 5. The molecule has 0 fully saturated rings. The minimum absolute atomic E-state index is 0.208. The van der Waals surface area contributed by atoms with Crippen LogP contribution in [0.5, 0.6) is 0 Å². The first kappa shape index (κ1) is 18.7. The highest BCUT2D eigenvalue weighted by molar-refractivity contribution is 5.63. The molecule has 0 rings (SSSR count). The number of hydrogen-bond acceptors (Lipinski definition) is 2. The van der Waals surface area contributed by atoms with Crippen molar-refractivity contribution in [2.45, 2.75) is 71.1 Å². The molecule has 0 radical (unpaired) electrons. The summed E-state index contributed by atoms with van der Waals surface area (Å²) in [7, 11) is 0. The lowest BCUT2D eigenvalue weighted by Gasteiger charge is -2.01. The predicted molar refractivity (Wildman–Crippen MR) is 84.3 cm³/mol. The van der Waals surface area contributed by atoms with Crippen molar-refractivity contribution in [2.75, 3.05) is 0 Å². The van der Waals surface area contributed by atoms with Gasteiger partial charge in [0.1, 0.15) is 0 Å². The standard InChI is InChI=1S/C18H30O2/c1-2-3-4-5-6-7-8-9-10-11-12-13-14-15-16-17-18(19)20/h3-4,6-7,9-10H,2,5,8,11-17H2,1H3,(H,19,20)/p-1/b4-3+,7-6+,10-9+. The van der Waals surface area contributed by atoms with Gasteiger partial charge in [0, 0.05) is 5.97 Å². The Balaban J connectivity index is 3.23. The second-order valence-electron chi connectivity index (χ2n) is 4.97. The number of rotatable bonds is 13. The zero-order chi connectivity index (χ0) is 14.9. The number of carboxylic acid groups (broad SMARTS) is 1. The Bertz CT molecular complexity index is 301. The molecule has 20 heavy (non-hydrogen) atoms. The molecule has 0 aromatic carbocycles. The highest BCUT2D eigenvalue weighted by atomic mass is 16.4. The van der Waals surface area contributed by atoms with Crippen LogP contribution in [0.15, 0.2) is 36.5 Å². The van der Waals surface area contributed by atoms with E-state index in [1.807, 2.05) is 0 Å². The summed E-state index contributed by atoms with van der Waals surface area (Å²) in [5.74, 6) is -0.925. The summed E-state index contributed by atoms with van der Waals surface area (Å²) < 4.78 is 0. The molecule has 0 amide bonds. The van der Waals surface area contributed by atoms with Gasteiger partial charge in [-0.3, -0.25) is 0 Å². The molecule has 0 N–H and O–H groups in total. The van der Waals surface area contributed by atoms with Gasteiger partial charge in [0.25, 0.3) is 0 Å². The van der Waals surface area contributed by atoms with Crippen LogP contribution in [0.4, 0.5) is 0 Å². The van der Waals surface area contributed by atoms with Crippen molar-refractivity contribution in [2.24, 2.45) is 0 Å². The van der Waals surface area contributed by atoms with Gasteiger partial charge in [-0.1, -0.05) is 62.6 Å². The quantitative estimate of drug-likeness (QED) is 0.371. The van der Waals surface area contributed by atoms with E-state index in [1.54, 1.807) is 0 Å². The Kier molecular flexibility index (Phi) is 14.7. The van der Waals surface area contributed by atoms with Crippen LogP contribution in [0, 0.1) is 0 Å². The van der Waals surface area contributed by atoms with Gasteiger partial charge in [-0.2, -0.15) is 0 Å². The molecule has 2 nitrogen and oxygen atoms in total. The van der Waals surface area contributed by atoms with E-state index < -0.39 is 5.97 Å². The number of carbonyl (C=O) groups excluding carboxylic acids is 1. The molecule has 0 heterocycles. The van der Waals surface area contributed by atoms with Crippen LogP contribution in [0.1, 0.15) is 71.1 Å². The molecule has 0 unspecified atom stereocenters. The minimum atomic E-state index is -0.925. The molecule has 0 atom stereocenters. The van der Waals surface area contributed by atoms with E-state index in [1.165, 1.54) is 12.8 Å². The Hall–Kier alpha value is -1.31. The molecule has 0 spiro atoms. The fourth-order valence-corrected chi connectivity index (χ4v) is 1.89. The smallest absolute Gasteiger partial charge is 0.0414 e. The van der Waals surface area contributed by atoms with E-state index in [9.17, 15) is 9.90 Å². The summed E-state index contributed by atoms with van der Waals surface area (Å²) in [6, 6.07) is 0. The van der Waals surface area contributed by atoms with Crippen molar-refractivity contribution in [1.29, 1.82) is 0 Å². The lowest BCUT2D eigenvalue weighted by atomic mass is 10.1. The lowest BCUT2D eigenvalue weighted by Crippen LogP contribution is -2.21. The average Bonchev–Trinajstić information content (AvgIpc) is 2.43. The van der Waals surface area contributed by atoms with Gasteiger partial charge in [-0.15, -0.1) is 0 Å². The van der Waals surface area contributed by atoms with Crippen molar-refractivity contribution < 1.29 is 9.90 Å². The van der Waals surface area contributed by atoms with Crippen LogP contribution in [0.3, 0.4) is 0 Å². The van der Waals surface area contributed by atoms with Crippen LogP contribution in [-0.4, -0.2) is 5.97 Å². The zero-order valence-corrected chi connectivity index (χ0v) is 12.9. The third-order valence-electron chi connectivity index (χ3n) is 3.03. The molecule has 0 bridgehead atoms. The van der Waals surface area contributed by atoms with Gasteiger partial charge in [0.2, 0.25) is 0 Å². The Morgan fingerprint density at radius 2 is 1.35 bits per heavy atom. The van der Waals surface area contributed by atoms with Crippen LogP contribution >= 0.6 is 0 Å². The Morgan fingerprint density at radius 3 is 2.00 bits per heavy atom. The molecule has 0 aromatic heterocycles. The third-order valence-corrected chi connectivity index (χ3v) is 3.03. The van der Waals surface area contributed by atoms with E-state index in [0.717, 1.165) is 44.9 Å². The van der Waals surface area contributed by atoms with Gasteiger partial charge >= 0.3 is 0 Å². The highest BCUT2D eigenvalue weighted by Gasteiger charge is 1.90. The maximum Gasteiger partial charge on any atom is 0.0414 e. The molecule has 2 heteroatoms. The van der Waals surface area contributed by atoms with E-state index in [2.05, 4.69) is 43.4 Å². The second kappa shape index (κ2) is 15.7. The van der Waals surface area contributed by atoms with Crippen LogP contribution in [0.25, 0.3) is 0 Å². The summed E-state index contributed by atoms with van der Waals surface area (Å²) >= 11 is 0. The van der Waals surface area contributed by atoms with Gasteiger partial charge in [-0.25, -0.2) is 0 Å². The number of hydrogen-bond donors (Lipinski definition) is 0. The Morgan fingerprint density at radius 1 is 0.800 bits per heavy atom. The maximum absolute atomic E-state index is 10.2. The molecular formula is C18H29O2-. The van der Waals surface area contributed by atoms with Gasteiger partial charge in [0.15, 0.2) is 0 Å². The average molecular weight is 277 g/mol. The molecule has 114 valence electrons. The molecule has 0 saturated heterocycles. The van der Waals surface area contributed by atoms with E-state index in [4.69, 9.17) is 0 Å². The van der Waals surface area contributed by atoms with Crippen molar-refractivity contribution >= 4 is 5.97 Å². The fraction of sp³-hybridized carbons (Fsp3) is 0.611. The molecular weight excluding hydrogens is 248 g/mol. The zero-order valence-electron chi connectivity index (χ0n) is 12.9. The molecule has 0 aliphatic carbocycles. The van der Waals surface area contributed by atoms with Gasteiger partial charge < -0.3 is 9.90 Å². The summed E-state index contributed by atoms with van der Waals surface area (Å²) in [6.45, 7) is 2.15. The van der Waals surface area contributed by atoms with E-state index >= 15 is 0 Å². The van der Waals surface area contributed by atoms with E-state index in [0.29, 0.717) is 0 Å². The van der Waals surface area contributed by atoms with Crippen LogP contribution < -0.4 is 5.11 Å². The van der Waals surface area contributed by atoms with Crippen molar-refractivity contribution in [3.05, 3.63) is 36.5 Å². The molecule has 0 aliphatic rings. The highest BCUT2D eigenvalue weighted by Crippen LogP contribution is 2.07. The van der Waals surface area contributed by atoms with Gasteiger partial charge in [0.05, 0.1) is 0 Å². The maximum atomic E-state index is 10.2. The predicted octanol–water partition coefficient (Wildman–Crippen LogP) is 4.33. The van der Waals surface area contributed by atoms with Crippen molar-refractivity contribution in [1.82, 2.24) is 0 Å². The first-order chi connectivity index (χ1) is 9.77. The number of allylic oxidation sites excluding steroid dienone is 6. The third kappa shape index (κ3) is 16.7. The largest absolute Gasteiger partial charge is 0.550 e. The van der Waals surface area contributed by atoms with Gasteiger partial charge in [-0.05, 0) is 44.9 Å². The fourth-order valence-electron chi connectivity index (χ4n) is 1.89. The topological polar surface area (TPSA) is 40.1 Å².